The van der Waals surface area contributed by atoms with Crippen molar-refractivity contribution < 1.29 is 4.79 Å². The Morgan fingerprint density at radius 1 is 1.29 bits per heavy atom. The number of nitrogens with zero attached hydrogens (tertiary/aromatic N) is 4. The van der Waals surface area contributed by atoms with E-state index < -0.39 is 0 Å². The number of imidazole rings is 1. The van der Waals surface area contributed by atoms with Crippen LogP contribution in [-0.2, 0) is 18.9 Å². The van der Waals surface area contributed by atoms with Gasteiger partial charge in [-0.2, -0.15) is 5.26 Å². The molecule has 0 atom stereocenters. The first-order chi connectivity index (χ1) is 9.86. The molecule has 1 N–H and O–H groups in total. The first kappa shape index (κ1) is 14.7. The van der Waals surface area contributed by atoms with E-state index in [1.807, 2.05) is 31.1 Å². The van der Waals surface area contributed by atoms with Crippen LogP contribution in [-0.4, -0.2) is 29.1 Å². The molecule has 0 aliphatic heterocycles. The van der Waals surface area contributed by atoms with E-state index in [9.17, 15) is 9.59 Å². The van der Waals surface area contributed by atoms with Crippen molar-refractivity contribution in [3.8, 4) is 6.07 Å². The van der Waals surface area contributed by atoms with Crippen LogP contribution in [0.5, 0.6) is 0 Å². The van der Waals surface area contributed by atoms with Crippen molar-refractivity contribution in [1.82, 2.24) is 9.13 Å². The van der Waals surface area contributed by atoms with Crippen LogP contribution in [0, 0.1) is 11.3 Å². The Kier molecular flexibility index (Phi) is 3.72. The van der Waals surface area contributed by atoms with Crippen molar-refractivity contribution in [2.75, 3.05) is 24.3 Å². The quantitative estimate of drug-likeness (QED) is 0.905. The number of nitrogens with one attached hydrogen (secondary N) is 1. The number of amides is 1. The maximum atomic E-state index is 12.0. The number of rotatable bonds is 3. The SMILES string of the molecule is CN(C)c1cc2c(cc1NC(=O)CC#N)n(C)c(=O)n2C. The summed E-state index contributed by atoms with van der Waals surface area (Å²) >= 11 is 0. The molecule has 21 heavy (non-hydrogen) atoms. The fraction of sp³-hybridized carbons (Fsp3) is 0.357. The highest BCUT2D eigenvalue weighted by Gasteiger charge is 2.15. The summed E-state index contributed by atoms with van der Waals surface area (Å²) in [7, 11) is 7.09. The summed E-state index contributed by atoms with van der Waals surface area (Å²) in [5.41, 5.74) is 2.73. The number of anilines is 2. The number of benzene rings is 1. The minimum Gasteiger partial charge on any atom is -0.376 e. The van der Waals surface area contributed by atoms with Gasteiger partial charge in [-0.25, -0.2) is 4.79 Å². The van der Waals surface area contributed by atoms with Crippen LogP contribution in [0.1, 0.15) is 6.42 Å². The van der Waals surface area contributed by atoms with Crippen LogP contribution in [0.15, 0.2) is 16.9 Å². The maximum Gasteiger partial charge on any atom is 0.328 e. The molecule has 0 unspecified atom stereocenters. The molecule has 0 spiro atoms. The molecule has 0 aliphatic rings. The van der Waals surface area contributed by atoms with Gasteiger partial charge in [0.25, 0.3) is 0 Å². The van der Waals surface area contributed by atoms with Crippen LogP contribution >= 0.6 is 0 Å². The van der Waals surface area contributed by atoms with E-state index in [-0.39, 0.29) is 18.0 Å². The van der Waals surface area contributed by atoms with Gasteiger partial charge in [0.05, 0.1) is 28.5 Å². The molecule has 7 heteroatoms. The molecule has 0 radical (unpaired) electrons. The van der Waals surface area contributed by atoms with E-state index in [4.69, 9.17) is 5.26 Å². The Hall–Kier alpha value is -2.75. The van der Waals surface area contributed by atoms with Gasteiger partial charge in [0, 0.05) is 28.2 Å². The van der Waals surface area contributed by atoms with E-state index in [1.165, 1.54) is 4.57 Å². The molecule has 0 fully saturated rings. The van der Waals surface area contributed by atoms with Crippen LogP contribution in [0.4, 0.5) is 11.4 Å². The average Bonchev–Trinajstić information content (AvgIpc) is 2.63. The Balaban J connectivity index is 2.66. The Bertz CT molecular complexity index is 807. The van der Waals surface area contributed by atoms with Gasteiger partial charge in [-0.1, -0.05) is 0 Å². The van der Waals surface area contributed by atoms with Gasteiger partial charge in [-0.3, -0.25) is 13.9 Å². The van der Waals surface area contributed by atoms with E-state index in [0.29, 0.717) is 5.69 Å². The van der Waals surface area contributed by atoms with Gasteiger partial charge in [0.15, 0.2) is 0 Å². The van der Waals surface area contributed by atoms with E-state index in [1.54, 1.807) is 24.7 Å². The summed E-state index contributed by atoms with van der Waals surface area (Å²) in [6.07, 6.45) is -0.210. The zero-order valence-corrected chi connectivity index (χ0v) is 12.5. The van der Waals surface area contributed by atoms with Crippen LogP contribution in [0.2, 0.25) is 0 Å². The second-order valence-corrected chi connectivity index (χ2v) is 5.04. The Morgan fingerprint density at radius 2 is 1.86 bits per heavy atom. The number of aryl methyl sites for hydroxylation is 2. The molecule has 1 heterocycles. The highest BCUT2D eigenvalue weighted by Crippen LogP contribution is 2.29. The van der Waals surface area contributed by atoms with Gasteiger partial charge in [-0.15, -0.1) is 0 Å². The first-order valence-corrected chi connectivity index (χ1v) is 6.40. The van der Waals surface area contributed by atoms with E-state index in [2.05, 4.69) is 5.32 Å². The lowest BCUT2D eigenvalue weighted by Gasteiger charge is -2.18. The van der Waals surface area contributed by atoms with Gasteiger partial charge in [-0.05, 0) is 12.1 Å². The predicted molar refractivity (Wildman–Crippen MR) is 81.3 cm³/mol. The average molecular weight is 287 g/mol. The number of hydrogen-bond acceptors (Lipinski definition) is 4. The minimum absolute atomic E-state index is 0.129. The third-order valence-electron chi connectivity index (χ3n) is 3.38. The Morgan fingerprint density at radius 3 is 2.38 bits per heavy atom. The lowest BCUT2D eigenvalue weighted by molar-refractivity contribution is -0.115. The second kappa shape index (κ2) is 5.32. The monoisotopic (exact) mass is 287 g/mol. The van der Waals surface area contributed by atoms with Crippen molar-refractivity contribution in [2.45, 2.75) is 6.42 Å². The molecular formula is C14H17N5O2. The second-order valence-electron chi connectivity index (χ2n) is 5.04. The number of nitriles is 1. The predicted octanol–water partition coefficient (Wildman–Crippen LogP) is 0.795. The molecule has 0 saturated heterocycles. The molecule has 2 rings (SSSR count). The van der Waals surface area contributed by atoms with Gasteiger partial charge < -0.3 is 10.2 Å². The Labute approximate surface area is 122 Å². The van der Waals surface area contributed by atoms with Gasteiger partial charge in [0.2, 0.25) is 5.91 Å². The summed E-state index contributed by atoms with van der Waals surface area (Å²) in [6, 6.07) is 5.41. The standard InChI is InChI=1S/C14H17N5O2/c1-17(2)10-8-12-11(18(3)14(21)19(12)4)7-9(10)16-13(20)5-6-15/h7-8H,5H2,1-4H3,(H,16,20). The molecule has 7 nitrogen and oxygen atoms in total. The van der Waals surface area contributed by atoms with Crippen LogP contribution in [0.3, 0.4) is 0 Å². The van der Waals surface area contributed by atoms with E-state index >= 15 is 0 Å². The summed E-state index contributed by atoms with van der Waals surface area (Å²) in [6.45, 7) is 0. The van der Waals surface area contributed by atoms with Crippen molar-refractivity contribution in [1.29, 1.82) is 5.26 Å². The number of fused-ring (bicyclic) bond motifs is 1. The minimum atomic E-state index is -0.374. The summed E-state index contributed by atoms with van der Waals surface area (Å²) in [5, 5.41) is 11.3. The van der Waals surface area contributed by atoms with Crippen molar-refractivity contribution in [3.63, 3.8) is 0 Å². The van der Waals surface area contributed by atoms with Gasteiger partial charge >= 0.3 is 5.69 Å². The normalized spacial score (nSPS) is 10.4. The lowest BCUT2D eigenvalue weighted by atomic mass is 10.2. The highest BCUT2D eigenvalue weighted by atomic mass is 16.2. The summed E-state index contributed by atoms with van der Waals surface area (Å²) in [5.74, 6) is -0.374. The topological polar surface area (TPSA) is 83.1 Å². The fourth-order valence-electron chi connectivity index (χ4n) is 2.27. The lowest BCUT2D eigenvalue weighted by Crippen LogP contribution is -2.19. The van der Waals surface area contributed by atoms with Gasteiger partial charge in [0.1, 0.15) is 6.42 Å². The van der Waals surface area contributed by atoms with Crippen molar-refractivity contribution in [3.05, 3.63) is 22.6 Å². The molecule has 1 aromatic carbocycles. The largest absolute Gasteiger partial charge is 0.376 e. The number of hydrogen-bond donors (Lipinski definition) is 1. The molecule has 1 aromatic heterocycles. The molecular weight excluding hydrogens is 270 g/mol. The zero-order chi connectivity index (χ0) is 15.7. The zero-order valence-electron chi connectivity index (χ0n) is 12.5. The molecule has 0 bridgehead atoms. The smallest absolute Gasteiger partial charge is 0.328 e. The molecule has 1 amide bonds. The third-order valence-corrected chi connectivity index (χ3v) is 3.38. The maximum absolute atomic E-state index is 12.0. The number of carbonyl (C=O) groups is 1. The highest BCUT2D eigenvalue weighted by molar-refractivity contribution is 5.99. The summed E-state index contributed by atoms with van der Waals surface area (Å²) in [4.78, 5) is 25.5. The molecule has 110 valence electrons. The molecule has 0 aliphatic carbocycles. The third kappa shape index (κ3) is 2.48. The molecule has 2 aromatic rings. The first-order valence-electron chi connectivity index (χ1n) is 6.40. The van der Waals surface area contributed by atoms with Crippen molar-refractivity contribution >= 4 is 28.3 Å². The molecule has 0 saturated carbocycles. The number of aromatic nitrogens is 2. The van der Waals surface area contributed by atoms with Crippen LogP contribution in [0.25, 0.3) is 11.0 Å². The van der Waals surface area contributed by atoms with Crippen molar-refractivity contribution in [2.24, 2.45) is 14.1 Å². The van der Waals surface area contributed by atoms with Crippen LogP contribution < -0.4 is 15.9 Å². The number of carbonyl (C=O) groups excluding carboxylic acids is 1. The fourth-order valence-corrected chi connectivity index (χ4v) is 2.27. The van der Waals surface area contributed by atoms with E-state index in [0.717, 1.165) is 16.7 Å². The summed E-state index contributed by atoms with van der Waals surface area (Å²) < 4.78 is 3.08.